The van der Waals surface area contributed by atoms with Gasteiger partial charge in [-0.05, 0) is 79.5 Å². The summed E-state index contributed by atoms with van der Waals surface area (Å²) >= 11 is 0. The lowest BCUT2D eigenvalue weighted by Crippen LogP contribution is -2.33. The lowest BCUT2D eigenvalue weighted by molar-refractivity contribution is 0.746. The molecule has 1 aliphatic heterocycles. The van der Waals surface area contributed by atoms with Crippen LogP contribution in [-0.4, -0.2) is 9.55 Å². The van der Waals surface area contributed by atoms with E-state index in [4.69, 9.17) is 4.98 Å². The zero-order valence-electron chi connectivity index (χ0n) is 23.9. The number of aromatic nitrogens is 2. The summed E-state index contributed by atoms with van der Waals surface area (Å²) in [5.74, 6) is 0.978. The van der Waals surface area contributed by atoms with Crippen molar-refractivity contribution in [2.24, 2.45) is 0 Å². The van der Waals surface area contributed by atoms with Crippen LogP contribution in [0.4, 0.5) is 0 Å². The van der Waals surface area contributed by atoms with Crippen molar-refractivity contribution < 1.29 is 0 Å². The Kier molecular flexibility index (Phi) is 4.68. The smallest absolute Gasteiger partial charge is 0.145 e. The summed E-state index contributed by atoms with van der Waals surface area (Å²) in [4.78, 5) is 5.28. The van der Waals surface area contributed by atoms with E-state index in [0.29, 0.717) is 0 Å². The molecule has 1 unspecified atom stereocenters. The van der Waals surface area contributed by atoms with Crippen LogP contribution in [0.1, 0.15) is 22.3 Å². The summed E-state index contributed by atoms with van der Waals surface area (Å²) in [6, 6.07) is 57.7. The first-order valence-electron chi connectivity index (χ1n) is 15.2. The highest BCUT2D eigenvalue weighted by Gasteiger charge is 2.51. The molecule has 1 spiro atoms. The number of hydrogen-bond acceptors (Lipinski definition) is 1. The van der Waals surface area contributed by atoms with Crippen molar-refractivity contribution in [2.45, 2.75) is 5.41 Å². The van der Waals surface area contributed by atoms with Gasteiger partial charge in [0.25, 0.3) is 0 Å². The zero-order chi connectivity index (χ0) is 28.8. The van der Waals surface area contributed by atoms with Crippen LogP contribution in [0.3, 0.4) is 0 Å². The van der Waals surface area contributed by atoms with E-state index in [-0.39, 0.29) is 0 Å². The Labute approximate surface area is 255 Å². The second kappa shape index (κ2) is 8.65. The Bertz CT molecular complexity index is 2450. The van der Waals surface area contributed by atoms with Crippen molar-refractivity contribution in [3.05, 3.63) is 180 Å². The van der Waals surface area contributed by atoms with Gasteiger partial charge in [-0.3, -0.25) is 4.57 Å². The van der Waals surface area contributed by atoms with Crippen molar-refractivity contribution in [3.63, 3.8) is 0 Å². The standard InChI is InChI=1S/C42H26N2/c1-2-12-28(13-3-1)41-43-38-19-10-18-36-40(38)44(41)39-20-9-8-17-35(39)42(36)34-16-7-6-15-32(34)33-24-23-31(26-37(33)42)30-22-21-27-11-4-5-14-29(27)25-30/h1-26H. The lowest BCUT2D eigenvalue weighted by atomic mass is 9.65. The second-order valence-electron chi connectivity index (χ2n) is 11.9. The third kappa shape index (κ3) is 2.97. The van der Waals surface area contributed by atoms with Crippen LogP contribution in [-0.2, 0) is 5.41 Å². The van der Waals surface area contributed by atoms with Crippen molar-refractivity contribution in [1.29, 1.82) is 0 Å². The number of imidazole rings is 1. The quantitative estimate of drug-likeness (QED) is 0.206. The minimum Gasteiger partial charge on any atom is -0.292 e. The minimum atomic E-state index is -0.473. The molecule has 1 atom stereocenters. The molecular formula is C42H26N2. The molecule has 2 heteroatoms. The van der Waals surface area contributed by atoms with Crippen molar-refractivity contribution in [3.8, 4) is 39.3 Å². The fourth-order valence-corrected chi connectivity index (χ4v) is 7.98. The number of para-hydroxylation sites is 2. The first-order valence-corrected chi connectivity index (χ1v) is 15.2. The van der Waals surface area contributed by atoms with Gasteiger partial charge in [0.05, 0.1) is 22.1 Å². The monoisotopic (exact) mass is 558 g/mol. The van der Waals surface area contributed by atoms with Crippen LogP contribution in [0.2, 0.25) is 0 Å². The summed E-state index contributed by atoms with van der Waals surface area (Å²) in [7, 11) is 0. The van der Waals surface area contributed by atoms with E-state index in [0.717, 1.165) is 16.9 Å². The normalized spacial score (nSPS) is 15.8. The molecular weight excluding hydrogens is 532 g/mol. The number of hydrogen-bond donors (Lipinski definition) is 0. The van der Waals surface area contributed by atoms with Gasteiger partial charge in [0.15, 0.2) is 0 Å². The first kappa shape index (κ1) is 23.8. The SMILES string of the molecule is c1ccc(-c2nc3cccc4c3n2-c2ccccc2C42c3ccccc3-c3ccc(-c4ccc5ccccc5c4)cc32)cc1. The summed E-state index contributed by atoms with van der Waals surface area (Å²) in [6.07, 6.45) is 0. The van der Waals surface area contributed by atoms with Gasteiger partial charge in [-0.25, -0.2) is 4.98 Å². The molecule has 0 fully saturated rings. The van der Waals surface area contributed by atoms with E-state index in [2.05, 4.69) is 162 Å². The fraction of sp³-hybridized carbons (Fsp3) is 0.0238. The van der Waals surface area contributed by atoms with Crippen LogP contribution in [0, 0.1) is 0 Å². The van der Waals surface area contributed by atoms with Crippen LogP contribution < -0.4 is 0 Å². The van der Waals surface area contributed by atoms with E-state index in [9.17, 15) is 0 Å². The summed E-state index contributed by atoms with van der Waals surface area (Å²) in [5.41, 5.74) is 14.3. The van der Waals surface area contributed by atoms with Crippen molar-refractivity contribution in [2.75, 3.05) is 0 Å². The van der Waals surface area contributed by atoms with E-state index in [1.807, 2.05) is 0 Å². The molecule has 2 aliphatic rings. The third-order valence-electron chi connectivity index (χ3n) is 9.79. The van der Waals surface area contributed by atoms with E-state index >= 15 is 0 Å². The van der Waals surface area contributed by atoms with Crippen LogP contribution in [0.25, 0.3) is 61.1 Å². The highest BCUT2D eigenvalue weighted by atomic mass is 15.1. The average Bonchev–Trinajstić information content (AvgIpc) is 3.62. The molecule has 7 aromatic carbocycles. The van der Waals surface area contributed by atoms with Crippen molar-refractivity contribution in [1.82, 2.24) is 9.55 Å². The van der Waals surface area contributed by atoms with Crippen molar-refractivity contribution >= 4 is 21.8 Å². The Morgan fingerprint density at radius 3 is 2.02 bits per heavy atom. The topological polar surface area (TPSA) is 17.8 Å². The Morgan fingerprint density at radius 2 is 1.11 bits per heavy atom. The average molecular weight is 559 g/mol. The third-order valence-corrected chi connectivity index (χ3v) is 9.79. The molecule has 2 heterocycles. The highest BCUT2D eigenvalue weighted by molar-refractivity contribution is 5.98. The minimum absolute atomic E-state index is 0.473. The summed E-state index contributed by atoms with van der Waals surface area (Å²) in [6.45, 7) is 0. The lowest BCUT2D eigenvalue weighted by Gasteiger charge is -2.39. The molecule has 8 aromatic rings. The molecule has 0 radical (unpaired) electrons. The molecule has 1 aromatic heterocycles. The first-order chi connectivity index (χ1) is 21.8. The number of rotatable bonds is 2. The van der Waals surface area contributed by atoms with Crippen LogP contribution >= 0.6 is 0 Å². The predicted octanol–water partition coefficient (Wildman–Crippen LogP) is 10.2. The number of benzene rings is 7. The summed E-state index contributed by atoms with van der Waals surface area (Å²) in [5, 5.41) is 2.52. The maximum Gasteiger partial charge on any atom is 0.145 e. The number of nitrogens with zero attached hydrogens (tertiary/aromatic N) is 2. The van der Waals surface area contributed by atoms with Gasteiger partial charge in [0, 0.05) is 5.56 Å². The molecule has 0 amide bonds. The van der Waals surface area contributed by atoms with Crippen LogP contribution in [0.5, 0.6) is 0 Å². The molecule has 0 saturated carbocycles. The number of fused-ring (bicyclic) bond motifs is 10. The molecule has 204 valence electrons. The fourth-order valence-electron chi connectivity index (χ4n) is 7.98. The van der Waals surface area contributed by atoms with Gasteiger partial charge in [0.2, 0.25) is 0 Å². The zero-order valence-corrected chi connectivity index (χ0v) is 23.9. The van der Waals surface area contributed by atoms with Gasteiger partial charge in [0.1, 0.15) is 5.82 Å². The van der Waals surface area contributed by atoms with Gasteiger partial charge >= 0.3 is 0 Å². The summed E-state index contributed by atoms with van der Waals surface area (Å²) < 4.78 is 2.40. The Morgan fingerprint density at radius 1 is 0.432 bits per heavy atom. The highest BCUT2D eigenvalue weighted by Crippen LogP contribution is 2.61. The molecule has 1 aliphatic carbocycles. The Balaban J connectivity index is 1.33. The van der Waals surface area contributed by atoms with Gasteiger partial charge in [-0.1, -0.05) is 133 Å². The largest absolute Gasteiger partial charge is 0.292 e. The molecule has 2 nitrogen and oxygen atoms in total. The molecule has 0 saturated heterocycles. The Hall–Kier alpha value is -5.73. The van der Waals surface area contributed by atoms with Gasteiger partial charge in [-0.2, -0.15) is 0 Å². The van der Waals surface area contributed by atoms with Gasteiger partial charge in [-0.15, -0.1) is 0 Å². The molecule has 0 N–H and O–H groups in total. The van der Waals surface area contributed by atoms with Gasteiger partial charge < -0.3 is 0 Å². The second-order valence-corrected chi connectivity index (χ2v) is 11.9. The molecule has 0 bridgehead atoms. The molecule has 10 rings (SSSR count). The van der Waals surface area contributed by atoms with E-state index in [1.54, 1.807) is 0 Å². The van der Waals surface area contributed by atoms with E-state index in [1.165, 1.54) is 66.5 Å². The maximum atomic E-state index is 5.28. The van der Waals surface area contributed by atoms with E-state index < -0.39 is 5.41 Å². The van der Waals surface area contributed by atoms with Crippen LogP contribution in [0.15, 0.2) is 158 Å². The maximum absolute atomic E-state index is 5.28. The predicted molar refractivity (Wildman–Crippen MR) is 180 cm³/mol. The molecule has 44 heavy (non-hydrogen) atoms.